The first-order chi connectivity index (χ1) is 15.6. The lowest BCUT2D eigenvalue weighted by atomic mass is 9.95. The molecule has 3 heterocycles. The maximum absolute atomic E-state index is 13.2. The van der Waals surface area contributed by atoms with Crippen LogP contribution < -0.4 is 16.0 Å². The van der Waals surface area contributed by atoms with Gasteiger partial charge in [-0.2, -0.15) is 0 Å². The number of aromatic amines is 1. The molecule has 7 heteroatoms. The van der Waals surface area contributed by atoms with Gasteiger partial charge in [-0.15, -0.1) is 0 Å². The van der Waals surface area contributed by atoms with Gasteiger partial charge in [-0.1, -0.05) is 30.3 Å². The summed E-state index contributed by atoms with van der Waals surface area (Å²) >= 11 is 0. The largest absolute Gasteiger partial charge is 0.508 e. The minimum absolute atomic E-state index is 0.00221. The number of hydrogen-bond acceptors (Lipinski definition) is 5. The van der Waals surface area contributed by atoms with Gasteiger partial charge in [0.15, 0.2) is 0 Å². The minimum Gasteiger partial charge on any atom is -0.508 e. The van der Waals surface area contributed by atoms with Crippen molar-refractivity contribution in [3.63, 3.8) is 0 Å². The van der Waals surface area contributed by atoms with E-state index in [2.05, 4.69) is 33.1 Å². The predicted molar refractivity (Wildman–Crippen MR) is 124 cm³/mol. The van der Waals surface area contributed by atoms with E-state index in [1.165, 1.54) is 5.56 Å². The first-order valence-corrected chi connectivity index (χ1v) is 11.3. The summed E-state index contributed by atoms with van der Waals surface area (Å²) < 4.78 is 0. The number of aromatic nitrogens is 2. The van der Waals surface area contributed by atoms with Crippen LogP contribution in [0.5, 0.6) is 5.75 Å². The van der Waals surface area contributed by atoms with E-state index in [-0.39, 0.29) is 23.7 Å². The highest BCUT2D eigenvalue weighted by Gasteiger charge is 2.30. The highest BCUT2D eigenvalue weighted by Crippen LogP contribution is 2.29. The quantitative estimate of drug-likeness (QED) is 0.437. The highest BCUT2D eigenvalue weighted by molar-refractivity contribution is 5.83. The number of nitrogens with one attached hydrogen (secondary N) is 4. The molecule has 2 aliphatic heterocycles. The normalized spacial score (nSPS) is 19.9. The number of carbonyl (C=O) groups is 1. The molecule has 3 aromatic rings. The van der Waals surface area contributed by atoms with E-state index in [4.69, 9.17) is 4.98 Å². The Morgan fingerprint density at radius 3 is 2.91 bits per heavy atom. The van der Waals surface area contributed by atoms with Crippen molar-refractivity contribution in [2.45, 2.75) is 44.7 Å². The molecule has 2 atom stereocenters. The number of rotatable bonds is 4. The molecular formula is C25H29N5O2. The average Bonchev–Trinajstić information content (AvgIpc) is 3.06. The van der Waals surface area contributed by atoms with Gasteiger partial charge in [0.2, 0.25) is 5.91 Å². The zero-order valence-electron chi connectivity index (χ0n) is 18.2. The number of imidazole rings is 1. The van der Waals surface area contributed by atoms with Crippen molar-refractivity contribution in [2.24, 2.45) is 0 Å². The second kappa shape index (κ2) is 8.67. The van der Waals surface area contributed by atoms with Crippen LogP contribution in [0.4, 0.5) is 5.82 Å². The zero-order valence-corrected chi connectivity index (χ0v) is 18.2. The Labute approximate surface area is 187 Å². The molecule has 0 bridgehead atoms. The van der Waals surface area contributed by atoms with Gasteiger partial charge in [-0.25, -0.2) is 4.98 Å². The molecule has 0 radical (unpaired) electrons. The minimum atomic E-state index is -0.301. The Hall–Kier alpha value is -3.32. The number of anilines is 1. The molecule has 2 unspecified atom stereocenters. The molecule has 32 heavy (non-hydrogen) atoms. The number of carbonyl (C=O) groups excluding carboxylic acids is 1. The number of aryl methyl sites for hydroxylation is 1. The third kappa shape index (κ3) is 4.21. The summed E-state index contributed by atoms with van der Waals surface area (Å²) in [6.07, 6.45) is 2.95. The Balaban J connectivity index is 1.31. The Bertz CT molecular complexity index is 1120. The fraction of sp³-hybridized carbons (Fsp3) is 0.360. The van der Waals surface area contributed by atoms with Gasteiger partial charge in [-0.3, -0.25) is 4.79 Å². The average molecular weight is 432 g/mol. The number of phenols is 1. The molecule has 1 aromatic heterocycles. The van der Waals surface area contributed by atoms with E-state index in [1.807, 2.05) is 31.2 Å². The maximum Gasteiger partial charge on any atom is 0.238 e. The summed E-state index contributed by atoms with van der Waals surface area (Å²) in [6, 6.07) is 13.4. The summed E-state index contributed by atoms with van der Waals surface area (Å²) in [5.41, 5.74) is 5.46. The summed E-state index contributed by atoms with van der Waals surface area (Å²) in [6.45, 7) is 3.47. The number of benzene rings is 2. The number of phenolic OH excluding ortho intramolecular Hbond substituents is 1. The van der Waals surface area contributed by atoms with Gasteiger partial charge in [0, 0.05) is 13.0 Å². The number of fused-ring (bicyclic) bond motifs is 2. The Morgan fingerprint density at radius 2 is 2.06 bits per heavy atom. The number of hydrogen-bond donors (Lipinski definition) is 5. The van der Waals surface area contributed by atoms with Gasteiger partial charge < -0.3 is 26.0 Å². The highest BCUT2D eigenvalue weighted by atomic mass is 16.3. The summed E-state index contributed by atoms with van der Waals surface area (Å²) in [5.74, 6) is 2.02. The van der Waals surface area contributed by atoms with Crippen LogP contribution in [0.1, 0.15) is 46.2 Å². The molecule has 7 nitrogen and oxygen atoms in total. The fourth-order valence-corrected chi connectivity index (χ4v) is 4.82. The molecule has 5 N–H and O–H groups in total. The number of amides is 1. The third-order valence-corrected chi connectivity index (χ3v) is 6.45. The van der Waals surface area contributed by atoms with E-state index >= 15 is 0 Å². The molecule has 2 aliphatic rings. The standard InChI is InChI=1S/C25H29N5O2/c1-15-11-18(31)13-17-7-9-26-21(14-19(15)17)25(32)28-20-8-10-27-24-23(20)29-22(30-24)12-16-5-3-2-4-6-16/h2-6,11,13,20-21,26-27,31H,7-10,12,14H2,1H3,(H,28,32)(H,29,30). The van der Waals surface area contributed by atoms with Gasteiger partial charge in [0.25, 0.3) is 0 Å². The molecule has 1 amide bonds. The number of aromatic hydroxyl groups is 1. The molecule has 0 spiro atoms. The maximum atomic E-state index is 13.2. The van der Waals surface area contributed by atoms with E-state index < -0.39 is 0 Å². The molecule has 2 aromatic carbocycles. The van der Waals surface area contributed by atoms with Crippen molar-refractivity contribution >= 4 is 11.7 Å². The first-order valence-electron chi connectivity index (χ1n) is 11.3. The van der Waals surface area contributed by atoms with Crippen molar-refractivity contribution in [1.29, 1.82) is 0 Å². The van der Waals surface area contributed by atoms with Gasteiger partial charge in [0.1, 0.15) is 17.4 Å². The van der Waals surface area contributed by atoms with Gasteiger partial charge >= 0.3 is 0 Å². The molecule has 0 saturated heterocycles. The topological polar surface area (TPSA) is 102 Å². The fourth-order valence-electron chi connectivity index (χ4n) is 4.82. The Morgan fingerprint density at radius 1 is 1.22 bits per heavy atom. The SMILES string of the molecule is Cc1cc(O)cc2c1CC(C(=O)NC1CCNc3nc(Cc4ccccc4)[nH]c31)NCC2. The van der Waals surface area contributed by atoms with Crippen molar-refractivity contribution in [3.8, 4) is 5.75 Å². The van der Waals surface area contributed by atoms with Crippen LogP contribution in [0.15, 0.2) is 42.5 Å². The summed E-state index contributed by atoms with van der Waals surface area (Å²) in [5, 5.41) is 19.9. The van der Waals surface area contributed by atoms with E-state index in [0.717, 1.165) is 59.8 Å². The molecule has 166 valence electrons. The van der Waals surface area contributed by atoms with Crippen molar-refractivity contribution in [1.82, 2.24) is 20.6 Å². The van der Waals surface area contributed by atoms with E-state index in [0.29, 0.717) is 13.0 Å². The van der Waals surface area contributed by atoms with Crippen LogP contribution in [-0.2, 0) is 24.1 Å². The number of H-pyrrole nitrogens is 1. The van der Waals surface area contributed by atoms with Crippen molar-refractivity contribution < 1.29 is 9.90 Å². The predicted octanol–water partition coefficient (Wildman–Crippen LogP) is 2.74. The second-order valence-electron chi connectivity index (χ2n) is 8.75. The lowest BCUT2D eigenvalue weighted by Crippen LogP contribution is -2.47. The zero-order chi connectivity index (χ0) is 22.1. The first kappa shape index (κ1) is 20.6. The number of nitrogens with zero attached hydrogens (tertiary/aromatic N) is 1. The van der Waals surface area contributed by atoms with E-state index in [9.17, 15) is 9.90 Å². The molecule has 0 saturated carbocycles. The smallest absolute Gasteiger partial charge is 0.238 e. The molecule has 0 aliphatic carbocycles. The molecular weight excluding hydrogens is 402 g/mol. The summed E-state index contributed by atoms with van der Waals surface area (Å²) in [4.78, 5) is 21.4. The summed E-state index contributed by atoms with van der Waals surface area (Å²) in [7, 11) is 0. The molecule has 0 fully saturated rings. The Kier molecular flexibility index (Phi) is 5.57. The monoisotopic (exact) mass is 431 g/mol. The lowest BCUT2D eigenvalue weighted by molar-refractivity contribution is -0.124. The van der Waals surface area contributed by atoms with Crippen LogP contribution >= 0.6 is 0 Å². The van der Waals surface area contributed by atoms with Crippen molar-refractivity contribution in [3.05, 3.63) is 76.2 Å². The van der Waals surface area contributed by atoms with Gasteiger partial charge in [0.05, 0.1) is 17.8 Å². The molecule has 5 rings (SSSR count). The second-order valence-corrected chi connectivity index (χ2v) is 8.75. The van der Waals surface area contributed by atoms with E-state index in [1.54, 1.807) is 6.07 Å². The lowest BCUT2D eigenvalue weighted by Gasteiger charge is -2.26. The van der Waals surface area contributed by atoms with Crippen LogP contribution in [0.2, 0.25) is 0 Å². The van der Waals surface area contributed by atoms with Crippen molar-refractivity contribution in [2.75, 3.05) is 18.4 Å². The van der Waals surface area contributed by atoms with Crippen LogP contribution in [0.25, 0.3) is 0 Å². The van der Waals surface area contributed by atoms with Crippen LogP contribution in [0, 0.1) is 6.92 Å². The van der Waals surface area contributed by atoms with Crippen LogP contribution in [0.3, 0.4) is 0 Å². The van der Waals surface area contributed by atoms with Crippen LogP contribution in [-0.4, -0.2) is 40.1 Å². The van der Waals surface area contributed by atoms with Gasteiger partial charge in [-0.05, 0) is 67.1 Å². The third-order valence-electron chi connectivity index (χ3n) is 6.45.